The first kappa shape index (κ1) is 19.2. The van der Waals surface area contributed by atoms with Crippen LogP contribution in [0.1, 0.15) is 12.0 Å². The van der Waals surface area contributed by atoms with Crippen LogP contribution in [-0.4, -0.2) is 25.1 Å². The van der Waals surface area contributed by atoms with E-state index in [1.807, 2.05) is 0 Å². The number of carbonyl (C=O) groups is 2. The Kier molecular flexibility index (Phi) is 5.75. The average molecular weight is 370 g/mol. The van der Waals surface area contributed by atoms with Crippen molar-refractivity contribution in [3.8, 4) is 5.75 Å². The highest BCUT2D eigenvalue weighted by molar-refractivity contribution is 6.00. The van der Waals surface area contributed by atoms with E-state index in [1.54, 1.807) is 0 Å². The van der Waals surface area contributed by atoms with Crippen molar-refractivity contribution in [2.45, 2.75) is 12.6 Å². The van der Waals surface area contributed by atoms with E-state index in [2.05, 4.69) is 22.5 Å². The third kappa shape index (κ3) is 4.68. The Morgan fingerprint density at radius 1 is 1.27 bits per heavy atom. The molecule has 1 heterocycles. The van der Waals surface area contributed by atoms with Crippen LogP contribution in [-0.2, 0) is 11.0 Å². The molecule has 140 valence electrons. The van der Waals surface area contributed by atoms with E-state index >= 15 is 0 Å². The normalized spacial score (nSPS) is 14.6. The van der Waals surface area contributed by atoms with Crippen LogP contribution in [0, 0.1) is 0 Å². The Morgan fingerprint density at radius 3 is 2.65 bits per heavy atom. The molecule has 0 unspecified atom stereocenters. The number of ether oxygens (including phenoxy) is 1. The summed E-state index contributed by atoms with van der Waals surface area (Å²) in [5.41, 5.74) is 4.76. The lowest BCUT2D eigenvalue weighted by Crippen LogP contribution is -2.47. The molecule has 0 atom stereocenters. The van der Waals surface area contributed by atoms with Crippen LogP contribution in [0.2, 0.25) is 0 Å². The maximum absolute atomic E-state index is 12.8. The molecule has 0 saturated heterocycles. The minimum absolute atomic E-state index is 0.00236. The Labute approximate surface area is 147 Å². The van der Waals surface area contributed by atoms with Gasteiger partial charge in [-0.25, -0.2) is 4.79 Å². The van der Waals surface area contributed by atoms with Gasteiger partial charge in [0, 0.05) is 6.54 Å². The van der Waals surface area contributed by atoms with Crippen LogP contribution in [0.3, 0.4) is 0 Å². The quantitative estimate of drug-likeness (QED) is 0.571. The number of carbonyl (C=O) groups excluding carboxylic acids is 2. The lowest BCUT2D eigenvalue weighted by molar-refractivity contribution is -0.139. The summed E-state index contributed by atoms with van der Waals surface area (Å²) < 4.78 is 43.6. The van der Waals surface area contributed by atoms with E-state index in [0.29, 0.717) is 0 Å². The first-order valence-electron chi connectivity index (χ1n) is 7.54. The van der Waals surface area contributed by atoms with Crippen LogP contribution in [0.4, 0.5) is 18.0 Å². The summed E-state index contributed by atoms with van der Waals surface area (Å²) >= 11 is 0. The van der Waals surface area contributed by atoms with Gasteiger partial charge in [-0.3, -0.25) is 4.79 Å². The molecule has 0 radical (unpaired) electrons. The number of hydrogen-bond acceptors (Lipinski definition) is 4. The highest BCUT2D eigenvalue weighted by Gasteiger charge is 2.33. The van der Waals surface area contributed by atoms with Crippen LogP contribution >= 0.6 is 0 Å². The predicted molar refractivity (Wildman–Crippen MR) is 86.6 cm³/mol. The molecule has 7 nitrogen and oxygen atoms in total. The van der Waals surface area contributed by atoms with Crippen molar-refractivity contribution in [2.24, 2.45) is 5.73 Å². The number of nitrogens with one attached hydrogen (secondary N) is 3. The fraction of sp³-hybridized carbons (Fsp3) is 0.250. The number of alkyl halides is 3. The summed E-state index contributed by atoms with van der Waals surface area (Å²) in [5, 5.41) is 7.06. The minimum atomic E-state index is -4.51. The van der Waals surface area contributed by atoms with Gasteiger partial charge in [0.15, 0.2) is 0 Å². The standard InChI is InChI=1S/C16H17F3N4O3/c1-9-12(20)13(23-15(25)22-9)14(24)21-7-4-8-26-11-6-3-2-5-10(11)16(17,18)19/h2-3,5-6H,1,4,7-8,20H2,(H,21,24)(H2,22,23,25). The van der Waals surface area contributed by atoms with Gasteiger partial charge in [0.05, 0.1) is 23.6 Å². The SMILES string of the molecule is C=C1NC(=O)NC(C(=O)NCCCOc2ccccc2C(F)(F)F)=C1N. The molecule has 1 aliphatic rings. The van der Waals surface area contributed by atoms with Gasteiger partial charge in [0.25, 0.3) is 5.91 Å². The van der Waals surface area contributed by atoms with E-state index in [-0.39, 0.29) is 42.4 Å². The van der Waals surface area contributed by atoms with E-state index in [4.69, 9.17) is 10.5 Å². The Balaban J connectivity index is 1.83. The molecule has 10 heteroatoms. The molecular weight excluding hydrogens is 353 g/mol. The second kappa shape index (κ2) is 7.81. The van der Waals surface area contributed by atoms with Crippen molar-refractivity contribution in [1.82, 2.24) is 16.0 Å². The Hall–Kier alpha value is -3.17. The molecule has 0 bridgehead atoms. The summed E-state index contributed by atoms with van der Waals surface area (Å²) in [6.07, 6.45) is -4.26. The number of urea groups is 1. The van der Waals surface area contributed by atoms with Gasteiger partial charge in [0.1, 0.15) is 11.4 Å². The molecule has 1 aromatic carbocycles. The average Bonchev–Trinajstić information content (AvgIpc) is 2.57. The van der Waals surface area contributed by atoms with Crippen molar-refractivity contribution < 1.29 is 27.5 Å². The van der Waals surface area contributed by atoms with E-state index < -0.39 is 23.7 Å². The van der Waals surface area contributed by atoms with Crippen LogP contribution < -0.4 is 26.4 Å². The second-order valence-electron chi connectivity index (χ2n) is 5.30. The van der Waals surface area contributed by atoms with Crippen molar-refractivity contribution in [3.05, 3.63) is 53.5 Å². The first-order chi connectivity index (χ1) is 12.2. The number of amides is 3. The fourth-order valence-electron chi connectivity index (χ4n) is 2.12. The van der Waals surface area contributed by atoms with E-state index in [9.17, 15) is 22.8 Å². The zero-order valence-electron chi connectivity index (χ0n) is 13.6. The van der Waals surface area contributed by atoms with Crippen molar-refractivity contribution in [3.63, 3.8) is 0 Å². The summed E-state index contributed by atoms with van der Waals surface area (Å²) in [5.74, 6) is -0.908. The number of benzene rings is 1. The monoisotopic (exact) mass is 370 g/mol. The molecule has 0 aromatic heterocycles. The molecule has 26 heavy (non-hydrogen) atoms. The van der Waals surface area contributed by atoms with Crippen LogP contribution in [0.5, 0.6) is 5.75 Å². The molecule has 1 aromatic rings. The predicted octanol–water partition coefficient (Wildman–Crippen LogP) is 1.59. The van der Waals surface area contributed by atoms with Gasteiger partial charge in [0.2, 0.25) is 0 Å². The van der Waals surface area contributed by atoms with E-state index in [1.165, 1.54) is 18.2 Å². The molecule has 0 spiro atoms. The molecule has 0 saturated carbocycles. The number of nitrogens with two attached hydrogens (primary N) is 1. The lowest BCUT2D eigenvalue weighted by atomic mass is 10.2. The lowest BCUT2D eigenvalue weighted by Gasteiger charge is -2.20. The third-order valence-corrected chi connectivity index (χ3v) is 3.38. The summed E-state index contributed by atoms with van der Waals surface area (Å²) in [7, 11) is 0. The molecule has 1 aliphatic heterocycles. The van der Waals surface area contributed by atoms with Crippen LogP contribution in [0.15, 0.2) is 47.9 Å². The maximum Gasteiger partial charge on any atom is 0.419 e. The maximum atomic E-state index is 12.8. The van der Waals surface area contributed by atoms with Gasteiger partial charge in [-0.15, -0.1) is 0 Å². The highest BCUT2D eigenvalue weighted by Crippen LogP contribution is 2.35. The van der Waals surface area contributed by atoms with Gasteiger partial charge >= 0.3 is 12.2 Å². The second-order valence-corrected chi connectivity index (χ2v) is 5.30. The Bertz CT molecular complexity index is 759. The summed E-state index contributed by atoms with van der Waals surface area (Å²) in [6, 6.07) is 4.23. The molecule has 3 amide bonds. The molecule has 0 fully saturated rings. The topological polar surface area (TPSA) is 105 Å². The van der Waals surface area contributed by atoms with Crippen molar-refractivity contribution in [2.75, 3.05) is 13.2 Å². The number of para-hydroxylation sites is 1. The summed E-state index contributed by atoms with van der Waals surface area (Å²) in [6.45, 7) is 3.57. The van der Waals surface area contributed by atoms with E-state index in [0.717, 1.165) is 6.07 Å². The smallest absolute Gasteiger partial charge is 0.419 e. The molecule has 2 rings (SSSR count). The zero-order valence-corrected chi connectivity index (χ0v) is 13.6. The largest absolute Gasteiger partial charge is 0.493 e. The van der Waals surface area contributed by atoms with Crippen molar-refractivity contribution >= 4 is 11.9 Å². The van der Waals surface area contributed by atoms with Gasteiger partial charge in [-0.2, -0.15) is 13.2 Å². The molecule has 0 aliphatic carbocycles. The summed E-state index contributed by atoms with van der Waals surface area (Å²) in [4.78, 5) is 23.3. The minimum Gasteiger partial charge on any atom is -0.493 e. The van der Waals surface area contributed by atoms with Gasteiger partial charge in [-0.1, -0.05) is 18.7 Å². The first-order valence-corrected chi connectivity index (χ1v) is 7.54. The Morgan fingerprint density at radius 2 is 1.96 bits per heavy atom. The number of hydrogen-bond donors (Lipinski definition) is 4. The zero-order chi connectivity index (χ0) is 19.3. The molecule has 5 N–H and O–H groups in total. The third-order valence-electron chi connectivity index (χ3n) is 3.38. The fourth-order valence-corrected chi connectivity index (χ4v) is 2.12. The van der Waals surface area contributed by atoms with Crippen molar-refractivity contribution in [1.29, 1.82) is 0 Å². The van der Waals surface area contributed by atoms with Gasteiger partial charge < -0.3 is 26.4 Å². The molecular formula is C16H17F3N4O3. The van der Waals surface area contributed by atoms with Crippen LogP contribution in [0.25, 0.3) is 0 Å². The highest BCUT2D eigenvalue weighted by atomic mass is 19.4. The van der Waals surface area contributed by atoms with Gasteiger partial charge in [-0.05, 0) is 18.6 Å². The number of rotatable bonds is 6. The number of halogens is 3.